The molecule has 0 unspecified atom stereocenters. The van der Waals surface area contributed by atoms with Gasteiger partial charge in [-0.25, -0.2) is 9.69 Å². The van der Waals surface area contributed by atoms with E-state index in [2.05, 4.69) is 0 Å². The van der Waals surface area contributed by atoms with Gasteiger partial charge in [0.25, 0.3) is 0 Å². The molecule has 0 bridgehead atoms. The van der Waals surface area contributed by atoms with Crippen LogP contribution in [-0.2, 0) is 9.59 Å². The lowest BCUT2D eigenvalue weighted by Gasteiger charge is -2.19. The molecule has 0 N–H and O–H groups in total. The first kappa shape index (κ1) is 16.0. The van der Waals surface area contributed by atoms with Gasteiger partial charge in [-0.2, -0.15) is 0 Å². The Morgan fingerprint density at radius 3 is 2.32 bits per heavy atom. The molecule has 0 spiro atoms. The van der Waals surface area contributed by atoms with Crippen molar-refractivity contribution < 1.29 is 19.1 Å². The molecule has 0 radical (unpaired) electrons. The maximum Gasteiger partial charge on any atom is 0.353 e. The number of carbonyl (C=O) groups excluding carboxylic acids is 3. The molecule has 2 amide bonds. The van der Waals surface area contributed by atoms with E-state index < -0.39 is 5.97 Å². The van der Waals surface area contributed by atoms with Crippen LogP contribution < -0.4 is 9.64 Å². The summed E-state index contributed by atoms with van der Waals surface area (Å²) < 4.78 is 5.48. The Bertz CT molecular complexity index is 806. The highest BCUT2D eigenvalue weighted by Crippen LogP contribution is 2.42. The minimum atomic E-state index is -0.487. The fourth-order valence-electron chi connectivity index (χ4n) is 3.67. The van der Waals surface area contributed by atoms with Crippen molar-refractivity contribution in [3.63, 3.8) is 0 Å². The van der Waals surface area contributed by atoms with E-state index in [1.807, 2.05) is 0 Å². The zero-order chi connectivity index (χ0) is 17.4. The number of hydrogen-bond acceptors (Lipinski definition) is 5. The van der Waals surface area contributed by atoms with Gasteiger partial charge in [-0.05, 0) is 36.4 Å². The second-order valence-corrected chi connectivity index (χ2v) is 7.29. The van der Waals surface area contributed by atoms with Crippen LogP contribution in [0.2, 0.25) is 0 Å². The third-order valence-corrected chi connectivity index (χ3v) is 5.72. The number of hydrogen-bond donors (Lipinski definition) is 0. The van der Waals surface area contributed by atoms with Gasteiger partial charge < -0.3 is 4.74 Å². The second kappa shape index (κ2) is 6.44. The van der Waals surface area contributed by atoms with Crippen molar-refractivity contribution in [1.29, 1.82) is 0 Å². The molecule has 1 saturated carbocycles. The van der Waals surface area contributed by atoms with Gasteiger partial charge in [0, 0.05) is 0 Å². The van der Waals surface area contributed by atoms with E-state index in [1.54, 1.807) is 41.8 Å². The molecule has 2 atom stereocenters. The highest BCUT2D eigenvalue weighted by atomic mass is 32.1. The number of esters is 1. The molecule has 1 aliphatic heterocycles. The molecule has 1 aromatic heterocycles. The number of ether oxygens (including phenoxy) is 1. The molecule has 1 aromatic carbocycles. The summed E-state index contributed by atoms with van der Waals surface area (Å²) in [5, 5.41) is 1.79. The Morgan fingerprint density at radius 1 is 1.00 bits per heavy atom. The topological polar surface area (TPSA) is 63.7 Å². The van der Waals surface area contributed by atoms with Gasteiger partial charge in [-0.1, -0.05) is 31.0 Å². The fraction of sp³-hybridized carbons (Fsp3) is 0.316. The summed E-state index contributed by atoms with van der Waals surface area (Å²) in [6.45, 7) is 0. The number of benzene rings is 1. The van der Waals surface area contributed by atoms with Gasteiger partial charge in [-0.3, -0.25) is 9.59 Å². The Morgan fingerprint density at radius 2 is 1.68 bits per heavy atom. The third kappa shape index (κ3) is 2.76. The van der Waals surface area contributed by atoms with E-state index >= 15 is 0 Å². The van der Waals surface area contributed by atoms with Crippen molar-refractivity contribution in [2.45, 2.75) is 25.7 Å². The summed E-state index contributed by atoms with van der Waals surface area (Å²) in [6, 6.07) is 10.2. The lowest BCUT2D eigenvalue weighted by atomic mass is 9.81. The number of rotatable bonds is 3. The molecule has 4 rings (SSSR count). The number of imide groups is 1. The number of nitrogens with zero attached hydrogens (tertiary/aromatic N) is 1. The SMILES string of the molecule is O=C(Oc1ccccc1N1C(=O)[C@H]2CCCC[C@H]2C1=O)c1cccs1. The third-order valence-electron chi connectivity index (χ3n) is 4.87. The molecule has 25 heavy (non-hydrogen) atoms. The lowest BCUT2D eigenvalue weighted by molar-refractivity contribution is -0.122. The van der Waals surface area contributed by atoms with E-state index in [4.69, 9.17) is 4.74 Å². The van der Waals surface area contributed by atoms with Gasteiger partial charge in [0.2, 0.25) is 11.8 Å². The summed E-state index contributed by atoms with van der Waals surface area (Å²) in [5.41, 5.74) is 0.358. The highest BCUT2D eigenvalue weighted by Gasteiger charge is 2.49. The molecule has 1 saturated heterocycles. The van der Waals surface area contributed by atoms with Crippen LogP contribution in [0.1, 0.15) is 35.4 Å². The van der Waals surface area contributed by atoms with E-state index in [1.165, 1.54) is 16.2 Å². The largest absolute Gasteiger partial charge is 0.420 e. The van der Waals surface area contributed by atoms with Crippen molar-refractivity contribution in [3.8, 4) is 5.75 Å². The smallest absolute Gasteiger partial charge is 0.353 e. The first-order valence-corrected chi connectivity index (χ1v) is 9.27. The van der Waals surface area contributed by atoms with Crippen LogP contribution in [0.15, 0.2) is 41.8 Å². The summed E-state index contributed by atoms with van der Waals surface area (Å²) in [7, 11) is 0. The van der Waals surface area contributed by atoms with Gasteiger partial charge in [0.1, 0.15) is 4.88 Å². The normalized spacial score (nSPS) is 22.8. The Kier molecular flexibility index (Phi) is 4.13. The van der Waals surface area contributed by atoms with Crippen molar-refractivity contribution in [3.05, 3.63) is 46.7 Å². The molecule has 2 heterocycles. The van der Waals surface area contributed by atoms with Crippen LogP contribution in [0.5, 0.6) is 5.75 Å². The molecular weight excluding hydrogens is 338 g/mol. The summed E-state index contributed by atoms with van der Waals surface area (Å²) >= 11 is 1.28. The molecule has 5 nitrogen and oxygen atoms in total. The maximum absolute atomic E-state index is 12.8. The molecule has 128 valence electrons. The number of amides is 2. The average Bonchev–Trinajstić information content (AvgIpc) is 3.25. The number of carbonyl (C=O) groups is 3. The van der Waals surface area contributed by atoms with Gasteiger partial charge in [0.15, 0.2) is 5.75 Å². The average molecular weight is 355 g/mol. The fourth-order valence-corrected chi connectivity index (χ4v) is 4.27. The van der Waals surface area contributed by atoms with E-state index in [0.29, 0.717) is 10.6 Å². The summed E-state index contributed by atoms with van der Waals surface area (Å²) in [4.78, 5) is 39.5. The summed E-state index contributed by atoms with van der Waals surface area (Å²) in [6.07, 6.45) is 3.46. The number of anilines is 1. The van der Waals surface area contributed by atoms with Crippen molar-refractivity contribution in [1.82, 2.24) is 0 Å². The van der Waals surface area contributed by atoms with Crippen LogP contribution in [-0.4, -0.2) is 17.8 Å². The molecule has 2 aromatic rings. The molecule has 6 heteroatoms. The van der Waals surface area contributed by atoms with Crippen LogP contribution in [0.25, 0.3) is 0 Å². The van der Waals surface area contributed by atoms with Crippen LogP contribution in [0.3, 0.4) is 0 Å². The monoisotopic (exact) mass is 355 g/mol. The molecule has 2 aliphatic rings. The standard InChI is InChI=1S/C19H17NO4S/c21-17-12-6-1-2-7-13(12)18(22)20(17)14-8-3-4-9-15(14)24-19(23)16-10-5-11-25-16/h3-5,8-13H,1-2,6-7H2/t12-,13+. The Balaban J connectivity index is 1.66. The lowest BCUT2D eigenvalue weighted by Crippen LogP contribution is -2.31. The van der Waals surface area contributed by atoms with Gasteiger partial charge in [-0.15, -0.1) is 11.3 Å². The Labute approximate surface area is 149 Å². The van der Waals surface area contributed by atoms with Crippen molar-refractivity contribution >= 4 is 34.8 Å². The molecular formula is C19H17NO4S. The predicted octanol–water partition coefficient (Wildman–Crippen LogP) is 3.65. The van der Waals surface area contributed by atoms with Gasteiger partial charge >= 0.3 is 5.97 Å². The number of para-hydroxylation sites is 2. The predicted molar refractivity (Wildman–Crippen MR) is 93.7 cm³/mol. The van der Waals surface area contributed by atoms with Crippen LogP contribution >= 0.6 is 11.3 Å². The minimum absolute atomic E-state index is 0.172. The highest BCUT2D eigenvalue weighted by molar-refractivity contribution is 7.12. The summed E-state index contributed by atoms with van der Waals surface area (Å²) in [5.74, 6) is -1.06. The Hall–Kier alpha value is -2.47. The number of fused-ring (bicyclic) bond motifs is 1. The van der Waals surface area contributed by atoms with E-state index in [9.17, 15) is 14.4 Å². The molecule has 2 fully saturated rings. The van der Waals surface area contributed by atoms with Crippen molar-refractivity contribution in [2.24, 2.45) is 11.8 Å². The van der Waals surface area contributed by atoms with Gasteiger partial charge in [0.05, 0.1) is 17.5 Å². The zero-order valence-electron chi connectivity index (χ0n) is 13.5. The second-order valence-electron chi connectivity index (χ2n) is 6.34. The van der Waals surface area contributed by atoms with E-state index in [0.717, 1.165) is 25.7 Å². The maximum atomic E-state index is 12.8. The van der Waals surface area contributed by atoms with Crippen LogP contribution in [0, 0.1) is 11.8 Å². The zero-order valence-corrected chi connectivity index (χ0v) is 14.3. The number of thiophene rings is 1. The first-order valence-electron chi connectivity index (χ1n) is 8.39. The van der Waals surface area contributed by atoms with Crippen LogP contribution in [0.4, 0.5) is 5.69 Å². The quantitative estimate of drug-likeness (QED) is 0.479. The van der Waals surface area contributed by atoms with Crippen molar-refractivity contribution in [2.75, 3.05) is 4.90 Å². The van der Waals surface area contributed by atoms with E-state index in [-0.39, 0.29) is 29.4 Å². The first-order chi connectivity index (χ1) is 12.2. The molecule has 1 aliphatic carbocycles. The minimum Gasteiger partial charge on any atom is -0.420 e.